The maximum absolute atomic E-state index is 12.2. The van der Waals surface area contributed by atoms with Crippen molar-refractivity contribution in [2.45, 2.75) is 32.8 Å². The highest BCUT2D eigenvalue weighted by atomic mass is 16.5. The lowest BCUT2D eigenvalue weighted by Gasteiger charge is -2.29. The molecule has 1 N–H and O–H groups in total. The van der Waals surface area contributed by atoms with Crippen molar-refractivity contribution >= 4 is 12.0 Å². The van der Waals surface area contributed by atoms with Crippen molar-refractivity contribution in [3.63, 3.8) is 0 Å². The fourth-order valence-corrected chi connectivity index (χ4v) is 2.23. The smallest absolute Gasteiger partial charge is 0.323 e. The summed E-state index contributed by atoms with van der Waals surface area (Å²) in [6, 6.07) is -0.244. The quantitative estimate of drug-likeness (QED) is 0.790. The summed E-state index contributed by atoms with van der Waals surface area (Å²) in [5, 5.41) is 8.87. The number of carbonyl (C=O) groups excluding carboxylic acids is 1. The van der Waals surface area contributed by atoms with Crippen LogP contribution in [0.5, 0.6) is 0 Å². The van der Waals surface area contributed by atoms with E-state index in [9.17, 15) is 9.59 Å². The van der Waals surface area contributed by atoms with E-state index < -0.39 is 5.97 Å². The van der Waals surface area contributed by atoms with Gasteiger partial charge in [-0.25, -0.2) is 4.79 Å². The second kappa shape index (κ2) is 7.33. The summed E-state index contributed by atoms with van der Waals surface area (Å²) < 4.78 is 5.49. The third-order valence-corrected chi connectivity index (χ3v) is 3.01. The van der Waals surface area contributed by atoms with E-state index in [1.165, 1.54) is 4.90 Å². The standard InChI is InChI=1S/C13H24N2O4/c1-10(2)7-15(9-12(16)17)13(18)14(3)8-11-5-4-6-19-11/h10-11H,4-9H2,1-3H3,(H,16,17). The van der Waals surface area contributed by atoms with Gasteiger partial charge in [-0.3, -0.25) is 4.79 Å². The highest BCUT2D eigenvalue weighted by molar-refractivity contribution is 5.80. The molecule has 0 radical (unpaired) electrons. The number of carboxylic acid groups (broad SMARTS) is 1. The molecule has 1 atom stereocenters. The van der Waals surface area contributed by atoms with Crippen molar-refractivity contribution in [1.29, 1.82) is 0 Å². The van der Waals surface area contributed by atoms with Gasteiger partial charge in [-0.05, 0) is 18.8 Å². The molecule has 6 nitrogen and oxygen atoms in total. The van der Waals surface area contributed by atoms with E-state index >= 15 is 0 Å². The van der Waals surface area contributed by atoms with Gasteiger partial charge in [0.05, 0.1) is 6.10 Å². The fourth-order valence-electron chi connectivity index (χ4n) is 2.23. The summed E-state index contributed by atoms with van der Waals surface area (Å²) in [4.78, 5) is 26.0. The van der Waals surface area contributed by atoms with E-state index in [1.54, 1.807) is 11.9 Å². The zero-order chi connectivity index (χ0) is 14.4. The van der Waals surface area contributed by atoms with Crippen molar-refractivity contribution in [2.24, 2.45) is 5.92 Å². The highest BCUT2D eigenvalue weighted by Crippen LogP contribution is 2.13. The first kappa shape index (κ1) is 15.8. The summed E-state index contributed by atoms with van der Waals surface area (Å²) in [6.07, 6.45) is 2.07. The number of amides is 2. The third-order valence-electron chi connectivity index (χ3n) is 3.01. The Morgan fingerprint density at radius 2 is 2.11 bits per heavy atom. The monoisotopic (exact) mass is 272 g/mol. The van der Waals surface area contributed by atoms with Gasteiger partial charge in [0.15, 0.2) is 0 Å². The number of carboxylic acids is 1. The van der Waals surface area contributed by atoms with E-state index in [2.05, 4.69) is 0 Å². The molecule has 6 heteroatoms. The van der Waals surface area contributed by atoms with Crippen LogP contribution in [0.2, 0.25) is 0 Å². The predicted octanol–water partition coefficient (Wildman–Crippen LogP) is 1.26. The first-order chi connectivity index (χ1) is 8.90. The number of ether oxygens (including phenoxy) is 1. The SMILES string of the molecule is CC(C)CN(CC(=O)O)C(=O)N(C)CC1CCCO1. The molecule has 1 aliphatic heterocycles. The van der Waals surface area contributed by atoms with Crippen LogP contribution in [-0.2, 0) is 9.53 Å². The molecular formula is C13H24N2O4. The molecule has 1 aliphatic rings. The Morgan fingerprint density at radius 3 is 2.58 bits per heavy atom. The molecule has 0 spiro atoms. The average molecular weight is 272 g/mol. The third kappa shape index (κ3) is 5.46. The van der Waals surface area contributed by atoms with Gasteiger partial charge in [0, 0.05) is 26.7 Å². The molecule has 0 saturated carbocycles. The molecule has 0 aromatic rings. The summed E-state index contributed by atoms with van der Waals surface area (Å²) in [5.41, 5.74) is 0. The van der Waals surface area contributed by atoms with Crippen molar-refractivity contribution in [2.75, 3.05) is 33.3 Å². The van der Waals surface area contributed by atoms with Crippen molar-refractivity contribution < 1.29 is 19.4 Å². The minimum absolute atomic E-state index is 0.0830. The lowest BCUT2D eigenvalue weighted by atomic mass is 10.2. The summed E-state index contributed by atoms with van der Waals surface area (Å²) in [6.45, 7) is 5.38. The van der Waals surface area contributed by atoms with Crippen molar-refractivity contribution in [1.82, 2.24) is 9.80 Å². The van der Waals surface area contributed by atoms with Gasteiger partial charge in [-0.15, -0.1) is 0 Å². The zero-order valence-electron chi connectivity index (χ0n) is 12.0. The van der Waals surface area contributed by atoms with E-state index in [0.717, 1.165) is 19.4 Å². The molecule has 0 aromatic carbocycles. The Morgan fingerprint density at radius 1 is 1.42 bits per heavy atom. The first-order valence-electron chi connectivity index (χ1n) is 6.73. The average Bonchev–Trinajstić information content (AvgIpc) is 2.78. The normalized spacial score (nSPS) is 18.6. The summed E-state index contributed by atoms with van der Waals surface area (Å²) in [5.74, 6) is -0.751. The molecule has 0 bridgehead atoms. The maximum atomic E-state index is 12.2. The molecule has 2 amide bonds. The summed E-state index contributed by atoms with van der Waals surface area (Å²) >= 11 is 0. The zero-order valence-corrected chi connectivity index (χ0v) is 12.0. The molecule has 1 rings (SSSR count). The van der Waals surface area contributed by atoms with Gasteiger partial charge >= 0.3 is 12.0 Å². The van der Waals surface area contributed by atoms with Gasteiger partial charge in [0.25, 0.3) is 0 Å². The topological polar surface area (TPSA) is 70.1 Å². The van der Waals surface area contributed by atoms with Crippen LogP contribution >= 0.6 is 0 Å². The van der Waals surface area contributed by atoms with Crippen LogP contribution in [0.3, 0.4) is 0 Å². The van der Waals surface area contributed by atoms with E-state index in [0.29, 0.717) is 13.1 Å². The van der Waals surface area contributed by atoms with Crippen LogP contribution in [0.25, 0.3) is 0 Å². The Kier molecular flexibility index (Phi) is 6.08. The van der Waals surface area contributed by atoms with Gasteiger partial charge in [0.1, 0.15) is 6.54 Å². The maximum Gasteiger partial charge on any atom is 0.323 e. The van der Waals surface area contributed by atoms with Crippen LogP contribution < -0.4 is 0 Å². The van der Waals surface area contributed by atoms with Crippen LogP contribution in [0, 0.1) is 5.92 Å². The molecule has 1 fully saturated rings. The van der Waals surface area contributed by atoms with Gasteiger partial charge in [-0.1, -0.05) is 13.8 Å². The van der Waals surface area contributed by atoms with Crippen LogP contribution in [0.4, 0.5) is 4.79 Å². The number of urea groups is 1. The molecule has 0 aromatic heterocycles. The first-order valence-corrected chi connectivity index (χ1v) is 6.73. The lowest BCUT2D eigenvalue weighted by molar-refractivity contribution is -0.137. The molecule has 1 saturated heterocycles. The van der Waals surface area contributed by atoms with E-state index in [-0.39, 0.29) is 24.6 Å². The molecule has 110 valence electrons. The lowest BCUT2D eigenvalue weighted by Crippen LogP contribution is -2.47. The number of hydrogen-bond donors (Lipinski definition) is 1. The van der Waals surface area contributed by atoms with Crippen molar-refractivity contribution in [3.8, 4) is 0 Å². The number of carbonyl (C=O) groups is 2. The van der Waals surface area contributed by atoms with E-state index in [1.807, 2.05) is 13.8 Å². The summed E-state index contributed by atoms with van der Waals surface area (Å²) in [7, 11) is 1.69. The predicted molar refractivity (Wildman–Crippen MR) is 71.0 cm³/mol. The van der Waals surface area contributed by atoms with Crippen LogP contribution in [0.15, 0.2) is 0 Å². The van der Waals surface area contributed by atoms with Crippen LogP contribution in [-0.4, -0.2) is 66.3 Å². The second-order valence-electron chi connectivity index (χ2n) is 5.47. The fraction of sp³-hybridized carbons (Fsp3) is 0.846. The minimum atomic E-state index is -0.987. The molecular weight excluding hydrogens is 248 g/mol. The Labute approximate surface area is 114 Å². The van der Waals surface area contributed by atoms with E-state index in [4.69, 9.17) is 9.84 Å². The largest absolute Gasteiger partial charge is 0.480 e. The second-order valence-corrected chi connectivity index (χ2v) is 5.47. The van der Waals surface area contributed by atoms with Crippen LogP contribution in [0.1, 0.15) is 26.7 Å². The Bertz CT molecular complexity index is 314. The number of rotatable bonds is 6. The molecule has 0 aliphatic carbocycles. The van der Waals surface area contributed by atoms with Gasteiger partial charge in [0.2, 0.25) is 0 Å². The Hall–Kier alpha value is -1.30. The van der Waals surface area contributed by atoms with Crippen molar-refractivity contribution in [3.05, 3.63) is 0 Å². The Balaban J connectivity index is 2.54. The molecule has 1 heterocycles. The molecule has 1 unspecified atom stereocenters. The number of nitrogens with zero attached hydrogens (tertiary/aromatic N) is 2. The number of aliphatic carboxylic acids is 1. The van der Waals surface area contributed by atoms with Gasteiger partial charge in [-0.2, -0.15) is 0 Å². The number of hydrogen-bond acceptors (Lipinski definition) is 3. The number of likely N-dealkylation sites (N-methyl/N-ethyl adjacent to an activating group) is 1. The molecule has 19 heavy (non-hydrogen) atoms. The highest BCUT2D eigenvalue weighted by Gasteiger charge is 2.25. The minimum Gasteiger partial charge on any atom is -0.480 e. The van der Waals surface area contributed by atoms with Gasteiger partial charge < -0.3 is 19.6 Å².